The van der Waals surface area contributed by atoms with Crippen molar-refractivity contribution in [2.75, 3.05) is 55.8 Å². The van der Waals surface area contributed by atoms with Crippen molar-refractivity contribution >= 4 is 17.5 Å². The lowest BCUT2D eigenvalue weighted by Crippen LogP contribution is -2.43. The second-order valence-electron chi connectivity index (χ2n) is 7.93. The molecule has 8 heteroatoms. The van der Waals surface area contributed by atoms with Crippen molar-refractivity contribution in [3.8, 4) is 5.75 Å². The van der Waals surface area contributed by atoms with Crippen LogP contribution in [-0.4, -0.2) is 62.1 Å². The normalized spacial score (nSPS) is 19.2. The SMILES string of the molecule is CCOc1ccc(CNC(=O)[C@@H]2CCCN(c3ccc(N4CCOCC4)nn3)C2)cc1. The lowest BCUT2D eigenvalue weighted by atomic mass is 9.97. The minimum atomic E-state index is -0.0443. The highest BCUT2D eigenvalue weighted by Crippen LogP contribution is 2.23. The molecule has 0 aliphatic carbocycles. The topological polar surface area (TPSA) is 79.8 Å². The molecule has 0 saturated carbocycles. The molecule has 2 aromatic rings. The van der Waals surface area contributed by atoms with Crippen molar-refractivity contribution in [2.45, 2.75) is 26.3 Å². The fourth-order valence-corrected chi connectivity index (χ4v) is 4.05. The molecule has 0 radical (unpaired) electrons. The van der Waals surface area contributed by atoms with Crippen molar-refractivity contribution in [3.63, 3.8) is 0 Å². The molecule has 8 nitrogen and oxygen atoms in total. The first-order valence-electron chi connectivity index (χ1n) is 11.1. The molecule has 1 atom stereocenters. The van der Waals surface area contributed by atoms with Crippen LogP contribution in [0.1, 0.15) is 25.3 Å². The Labute approximate surface area is 183 Å². The molecular formula is C23H31N5O3. The molecule has 1 amide bonds. The van der Waals surface area contributed by atoms with E-state index in [2.05, 4.69) is 25.3 Å². The molecule has 0 bridgehead atoms. The standard InChI is InChI=1S/C23H31N5O3/c1-2-31-20-7-5-18(6-8-20)16-24-23(29)19-4-3-11-28(17-19)22-10-9-21(25-26-22)27-12-14-30-15-13-27/h5-10,19H,2-4,11-17H2,1H3,(H,24,29)/t19-/m1/s1. The molecular weight excluding hydrogens is 394 g/mol. The van der Waals surface area contributed by atoms with E-state index in [0.717, 1.165) is 68.6 Å². The largest absolute Gasteiger partial charge is 0.494 e. The number of carbonyl (C=O) groups is 1. The van der Waals surface area contributed by atoms with Gasteiger partial charge in [-0.1, -0.05) is 12.1 Å². The van der Waals surface area contributed by atoms with Gasteiger partial charge in [0.25, 0.3) is 0 Å². The summed E-state index contributed by atoms with van der Waals surface area (Å²) in [6, 6.07) is 11.9. The highest BCUT2D eigenvalue weighted by Gasteiger charge is 2.26. The number of nitrogens with one attached hydrogen (secondary N) is 1. The zero-order valence-corrected chi connectivity index (χ0v) is 18.1. The van der Waals surface area contributed by atoms with Crippen LogP contribution in [0.3, 0.4) is 0 Å². The van der Waals surface area contributed by atoms with Crippen LogP contribution >= 0.6 is 0 Å². The van der Waals surface area contributed by atoms with Gasteiger partial charge in [-0.25, -0.2) is 0 Å². The molecule has 1 aromatic carbocycles. The highest BCUT2D eigenvalue weighted by atomic mass is 16.5. The predicted molar refractivity (Wildman–Crippen MR) is 119 cm³/mol. The number of hydrogen-bond acceptors (Lipinski definition) is 7. The summed E-state index contributed by atoms with van der Waals surface area (Å²) in [6.45, 7) is 7.83. The van der Waals surface area contributed by atoms with E-state index in [-0.39, 0.29) is 11.8 Å². The second kappa shape index (κ2) is 10.4. The Morgan fingerprint density at radius 1 is 1.06 bits per heavy atom. The lowest BCUT2D eigenvalue weighted by molar-refractivity contribution is -0.125. The zero-order valence-electron chi connectivity index (χ0n) is 18.1. The minimum absolute atomic E-state index is 0.0443. The first-order valence-corrected chi connectivity index (χ1v) is 11.1. The van der Waals surface area contributed by atoms with E-state index in [1.54, 1.807) is 0 Å². The third kappa shape index (κ3) is 5.64. The summed E-state index contributed by atoms with van der Waals surface area (Å²) >= 11 is 0. The van der Waals surface area contributed by atoms with Crippen molar-refractivity contribution in [2.24, 2.45) is 5.92 Å². The first kappa shape index (κ1) is 21.4. The van der Waals surface area contributed by atoms with Crippen molar-refractivity contribution in [1.29, 1.82) is 0 Å². The van der Waals surface area contributed by atoms with E-state index >= 15 is 0 Å². The number of aromatic nitrogens is 2. The van der Waals surface area contributed by atoms with Crippen LogP contribution < -0.4 is 19.9 Å². The number of anilines is 2. The molecule has 0 spiro atoms. The summed E-state index contributed by atoms with van der Waals surface area (Å²) < 4.78 is 10.9. The summed E-state index contributed by atoms with van der Waals surface area (Å²) in [5.74, 6) is 2.62. The molecule has 2 aliphatic rings. The highest BCUT2D eigenvalue weighted by molar-refractivity contribution is 5.79. The molecule has 2 fully saturated rings. The number of piperidine rings is 1. The van der Waals surface area contributed by atoms with Crippen LogP contribution in [0.2, 0.25) is 0 Å². The molecule has 1 N–H and O–H groups in total. The van der Waals surface area contributed by atoms with Gasteiger partial charge in [-0.3, -0.25) is 4.79 Å². The van der Waals surface area contributed by atoms with E-state index in [0.29, 0.717) is 19.7 Å². The van der Waals surface area contributed by atoms with Crippen LogP contribution in [0.15, 0.2) is 36.4 Å². The first-order chi connectivity index (χ1) is 15.2. The Morgan fingerprint density at radius 2 is 1.77 bits per heavy atom. The Bertz CT molecular complexity index is 837. The number of benzene rings is 1. The Hall–Kier alpha value is -2.87. The maximum absolute atomic E-state index is 12.8. The second-order valence-corrected chi connectivity index (χ2v) is 7.93. The summed E-state index contributed by atoms with van der Waals surface area (Å²) in [7, 11) is 0. The van der Waals surface area contributed by atoms with Gasteiger partial charge in [0.1, 0.15) is 5.75 Å². The molecule has 3 heterocycles. The van der Waals surface area contributed by atoms with Gasteiger partial charge >= 0.3 is 0 Å². The minimum Gasteiger partial charge on any atom is -0.494 e. The molecule has 31 heavy (non-hydrogen) atoms. The summed E-state index contributed by atoms with van der Waals surface area (Å²) in [5, 5.41) is 11.9. The van der Waals surface area contributed by atoms with E-state index in [9.17, 15) is 4.79 Å². The van der Waals surface area contributed by atoms with Gasteiger partial charge in [0.2, 0.25) is 5.91 Å². The number of ether oxygens (including phenoxy) is 2. The predicted octanol–water partition coefficient (Wildman–Crippen LogP) is 2.24. The van der Waals surface area contributed by atoms with Gasteiger partial charge in [-0.05, 0) is 49.6 Å². The summed E-state index contributed by atoms with van der Waals surface area (Å²) in [5.41, 5.74) is 1.06. The van der Waals surface area contributed by atoms with Crippen LogP contribution in [-0.2, 0) is 16.1 Å². The number of nitrogens with zero attached hydrogens (tertiary/aromatic N) is 4. The van der Waals surface area contributed by atoms with Gasteiger partial charge in [0.15, 0.2) is 11.6 Å². The van der Waals surface area contributed by atoms with E-state index in [1.807, 2.05) is 43.3 Å². The molecule has 4 rings (SSSR count). The fourth-order valence-electron chi connectivity index (χ4n) is 4.05. The summed E-state index contributed by atoms with van der Waals surface area (Å²) in [4.78, 5) is 17.1. The van der Waals surface area contributed by atoms with E-state index < -0.39 is 0 Å². The quantitative estimate of drug-likeness (QED) is 0.729. The number of carbonyl (C=O) groups excluding carboxylic acids is 1. The van der Waals surface area contributed by atoms with Gasteiger partial charge in [-0.15, -0.1) is 10.2 Å². The molecule has 0 unspecified atom stereocenters. The van der Waals surface area contributed by atoms with Crippen LogP contribution in [0.4, 0.5) is 11.6 Å². The van der Waals surface area contributed by atoms with Crippen LogP contribution in [0.25, 0.3) is 0 Å². The number of amides is 1. The van der Waals surface area contributed by atoms with Gasteiger partial charge in [-0.2, -0.15) is 0 Å². The fraction of sp³-hybridized carbons (Fsp3) is 0.522. The third-order valence-electron chi connectivity index (χ3n) is 5.79. The maximum atomic E-state index is 12.8. The van der Waals surface area contributed by atoms with Crippen molar-refractivity contribution in [1.82, 2.24) is 15.5 Å². The average molecular weight is 426 g/mol. The van der Waals surface area contributed by atoms with Crippen LogP contribution in [0, 0.1) is 5.92 Å². The monoisotopic (exact) mass is 425 g/mol. The van der Waals surface area contributed by atoms with Crippen molar-refractivity contribution in [3.05, 3.63) is 42.0 Å². The molecule has 1 aromatic heterocycles. The number of morpholine rings is 1. The molecule has 166 valence electrons. The van der Waals surface area contributed by atoms with Crippen LogP contribution in [0.5, 0.6) is 5.75 Å². The van der Waals surface area contributed by atoms with Crippen molar-refractivity contribution < 1.29 is 14.3 Å². The lowest BCUT2D eigenvalue weighted by Gasteiger charge is -2.33. The third-order valence-corrected chi connectivity index (χ3v) is 5.79. The van der Waals surface area contributed by atoms with E-state index in [1.165, 1.54) is 0 Å². The number of rotatable bonds is 7. The Balaban J connectivity index is 1.29. The Morgan fingerprint density at radius 3 is 2.45 bits per heavy atom. The molecule has 2 aliphatic heterocycles. The Kier molecular flexibility index (Phi) is 7.19. The number of hydrogen-bond donors (Lipinski definition) is 1. The molecule has 2 saturated heterocycles. The summed E-state index contributed by atoms with van der Waals surface area (Å²) in [6.07, 6.45) is 1.86. The van der Waals surface area contributed by atoms with Gasteiger partial charge < -0.3 is 24.6 Å². The van der Waals surface area contributed by atoms with E-state index in [4.69, 9.17) is 9.47 Å². The van der Waals surface area contributed by atoms with Gasteiger partial charge in [0.05, 0.1) is 25.7 Å². The van der Waals surface area contributed by atoms with Gasteiger partial charge in [0, 0.05) is 32.7 Å². The average Bonchev–Trinajstić information content (AvgIpc) is 2.84. The maximum Gasteiger partial charge on any atom is 0.225 e. The zero-order chi connectivity index (χ0) is 21.5. The smallest absolute Gasteiger partial charge is 0.225 e.